The molecule has 0 aliphatic rings. The van der Waals surface area contributed by atoms with Crippen LogP contribution in [0.15, 0.2) is 34.9 Å². The molecule has 0 amide bonds. The molecule has 1 unspecified atom stereocenters. The largest absolute Gasteiger partial charge is 0.466 e. The molecule has 0 fully saturated rings. The van der Waals surface area contributed by atoms with Crippen LogP contribution in [0.2, 0.25) is 0 Å². The Morgan fingerprint density at radius 2 is 2.20 bits per heavy atom. The Morgan fingerprint density at radius 3 is 2.95 bits per heavy atom. The molecule has 3 heterocycles. The fraction of sp³-hybridized carbons (Fsp3) is 0.308. The summed E-state index contributed by atoms with van der Waals surface area (Å²) in [6.45, 7) is 3.79. The van der Waals surface area contributed by atoms with Gasteiger partial charge in [0.1, 0.15) is 17.2 Å². The lowest BCUT2D eigenvalue weighted by Crippen LogP contribution is -2.30. The molecule has 0 radical (unpaired) electrons. The first-order valence-electron chi connectivity index (χ1n) is 6.25. The number of hydrogen-bond acceptors (Lipinski definition) is 6. The minimum atomic E-state index is -1.11. The zero-order chi connectivity index (χ0) is 14.2. The van der Waals surface area contributed by atoms with Crippen LogP contribution in [0.4, 0.5) is 5.82 Å². The van der Waals surface area contributed by atoms with Crippen molar-refractivity contribution >= 4 is 11.5 Å². The van der Waals surface area contributed by atoms with E-state index in [0.29, 0.717) is 23.0 Å². The molecule has 20 heavy (non-hydrogen) atoms. The van der Waals surface area contributed by atoms with Crippen LogP contribution in [-0.2, 0) is 5.60 Å². The summed E-state index contributed by atoms with van der Waals surface area (Å²) in [6.07, 6.45) is 1.54. The molecule has 7 heteroatoms. The Bertz CT molecular complexity index is 718. The molecule has 7 nitrogen and oxygen atoms in total. The highest BCUT2D eigenvalue weighted by molar-refractivity contribution is 5.44. The molecule has 0 aromatic carbocycles. The fourth-order valence-electron chi connectivity index (χ4n) is 1.93. The van der Waals surface area contributed by atoms with Crippen LogP contribution >= 0.6 is 0 Å². The number of rotatable bonds is 4. The second-order valence-corrected chi connectivity index (χ2v) is 4.84. The van der Waals surface area contributed by atoms with Gasteiger partial charge in [0.15, 0.2) is 11.5 Å². The zero-order valence-electron chi connectivity index (χ0n) is 11.2. The maximum absolute atomic E-state index is 10.3. The first-order valence-corrected chi connectivity index (χ1v) is 6.25. The summed E-state index contributed by atoms with van der Waals surface area (Å²) in [5.41, 5.74) is -0.423. The lowest BCUT2D eigenvalue weighted by Gasteiger charge is -2.21. The van der Waals surface area contributed by atoms with E-state index >= 15 is 0 Å². The second kappa shape index (κ2) is 4.61. The van der Waals surface area contributed by atoms with Crippen molar-refractivity contribution in [2.75, 3.05) is 11.9 Å². The van der Waals surface area contributed by atoms with Gasteiger partial charge in [-0.2, -0.15) is 4.52 Å². The fourth-order valence-corrected chi connectivity index (χ4v) is 1.93. The Labute approximate surface area is 115 Å². The van der Waals surface area contributed by atoms with Gasteiger partial charge in [0.25, 0.3) is 0 Å². The molecule has 0 spiro atoms. The molecular weight excluding hydrogens is 258 g/mol. The van der Waals surface area contributed by atoms with Crippen molar-refractivity contribution in [1.29, 1.82) is 0 Å². The van der Waals surface area contributed by atoms with E-state index < -0.39 is 5.60 Å². The van der Waals surface area contributed by atoms with E-state index in [1.54, 1.807) is 29.6 Å². The van der Waals surface area contributed by atoms with Crippen molar-refractivity contribution in [1.82, 2.24) is 19.8 Å². The van der Waals surface area contributed by atoms with Gasteiger partial charge in [-0.05, 0) is 38.1 Å². The van der Waals surface area contributed by atoms with Crippen molar-refractivity contribution in [3.05, 3.63) is 42.1 Å². The van der Waals surface area contributed by atoms with Crippen LogP contribution in [0.5, 0.6) is 0 Å². The van der Waals surface area contributed by atoms with Crippen LogP contribution in [0, 0.1) is 6.92 Å². The van der Waals surface area contributed by atoms with Gasteiger partial charge in [0.2, 0.25) is 0 Å². The van der Waals surface area contributed by atoms with E-state index in [1.165, 1.54) is 6.26 Å². The summed E-state index contributed by atoms with van der Waals surface area (Å²) in [4.78, 5) is 0. The Balaban J connectivity index is 1.78. The van der Waals surface area contributed by atoms with Crippen molar-refractivity contribution < 1.29 is 9.52 Å². The average Bonchev–Trinajstić information content (AvgIpc) is 3.07. The quantitative estimate of drug-likeness (QED) is 0.746. The molecule has 0 saturated heterocycles. The van der Waals surface area contributed by atoms with Gasteiger partial charge in [-0.3, -0.25) is 0 Å². The number of aryl methyl sites for hydroxylation is 1. The molecule has 0 saturated carbocycles. The highest BCUT2D eigenvalue weighted by Crippen LogP contribution is 2.21. The van der Waals surface area contributed by atoms with Crippen molar-refractivity contribution in [2.24, 2.45) is 0 Å². The predicted molar refractivity (Wildman–Crippen MR) is 72.3 cm³/mol. The number of nitrogens with one attached hydrogen (secondary N) is 1. The normalized spacial score (nSPS) is 14.3. The molecule has 2 N–H and O–H groups in total. The molecule has 104 valence electrons. The number of hydrogen-bond donors (Lipinski definition) is 2. The van der Waals surface area contributed by atoms with Crippen molar-refractivity contribution in [3.8, 4) is 0 Å². The summed E-state index contributed by atoms with van der Waals surface area (Å²) >= 11 is 0. The lowest BCUT2D eigenvalue weighted by atomic mass is 10.0. The predicted octanol–water partition coefficient (Wildman–Crippen LogP) is 1.35. The average molecular weight is 273 g/mol. The van der Waals surface area contributed by atoms with Crippen LogP contribution in [0.1, 0.15) is 18.5 Å². The molecule has 3 aromatic heterocycles. The van der Waals surface area contributed by atoms with Crippen molar-refractivity contribution in [2.45, 2.75) is 19.4 Å². The minimum absolute atomic E-state index is 0.278. The number of aliphatic hydroxyl groups is 1. The Hall–Kier alpha value is -2.41. The van der Waals surface area contributed by atoms with E-state index in [1.807, 2.05) is 13.0 Å². The van der Waals surface area contributed by atoms with Gasteiger partial charge in [-0.25, -0.2) is 0 Å². The third kappa shape index (κ3) is 2.23. The van der Waals surface area contributed by atoms with Crippen LogP contribution in [0.25, 0.3) is 5.65 Å². The van der Waals surface area contributed by atoms with E-state index in [9.17, 15) is 5.11 Å². The third-order valence-electron chi connectivity index (χ3n) is 3.08. The third-order valence-corrected chi connectivity index (χ3v) is 3.08. The first kappa shape index (κ1) is 12.6. The molecule has 3 rings (SSSR count). The first-order chi connectivity index (χ1) is 9.56. The number of furan rings is 1. The lowest BCUT2D eigenvalue weighted by molar-refractivity contribution is 0.0475. The van der Waals surface area contributed by atoms with Gasteiger partial charge >= 0.3 is 0 Å². The number of aromatic nitrogens is 4. The van der Waals surface area contributed by atoms with Gasteiger partial charge in [0.05, 0.1) is 12.8 Å². The number of fused-ring (bicyclic) bond motifs is 1. The number of anilines is 1. The SMILES string of the molecule is Cc1nnc2ccc(NCC(C)(O)c3ccco3)nn12. The summed E-state index contributed by atoms with van der Waals surface area (Å²) in [5.74, 6) is 1.85. The van der Waals surface area contributed by atoms with E-state index in [2.05, 4.69) is 20.6 Å². The minimum Gasteiger partial charge on any atom is -0.466 e. The Morgan fingerprint density at radius 1 is 1.35 bits per heavy atom. The monoisotopic (exact) mass is 273 g/mol. The summed E-state index contributed by atoms with van der Waals surface area (Å²) in [7, 11) is 0. The van der Waals surface area contributed by atoms with Crippen molar-refractivity contribution in [3.63, 3.8) is 0 Å². The highest BCUT2D eigenvalue weighted by atomic mass is 16.4. The van der Waals surface area contributed by atoms with Gasteiger partial charge < -0.3 is 14.8 Å². The topological polar surface area (TPSA) is 88.5 Å². The maximum Gasteiger partial charge on any atom is 0.178 e. The van der Waals surface area contributed by atoms with E-state index in [4.69, 9.17) is 4.42 Å². The molecule has 0 aliphatic heterocycles. The van der Waals surface area contributed by atoms with Gasteiger partial charge in [0, 0.05) is 0 Å². The zero-order valence-corrected chi connectivity index (χ0v) is 11.2. The standard InChI is InChI=1S/C13H15N5O2/c1-9-15-16-12-6-5-11(17-18(9)12)14-8-13(2,19)10-4-3-7-20-10/h3-7,19H,8H2,1-2H3,(H,14,17). The Kier molecular flexibility index (Phi) is 2.90. The summed E-state index contributed by atoms with van der Waals surface area (Å²) in [6, 6.07) is 7.09. The van der Waals surface area contributed by atoms with E-state index in [-0.39, 0.29) is 6.54 Å². The second-order valence-electron chi connectivity index (χ2n) is 4.84. The van der Waals surface area contributed by atoms with Gasteiger partial charge in [-0.15, -0.1) is 15.3 Å². The van der Waals surface area contributed by atoms with Crippen LogP contribution in [-0.4, -0.2) is 31.5 Å². The molecule has 3 aromatic rings. The van der Waals surface area contributed by atoms with E-state index in [0.717, 1.165) is 0 Å². The maximum atomic E-state index is 10.3. The number of nitrogens with zero attached hydrogens (tertiary/aromatic N) is 4. The highest BCUT2D eigenvalue weighted by Gasteiger charge is 2.26. The molecule has 0 aliphatic carbocycles. The molecule has 1 atom stereocenters. The van der Waals surface area contributed by atoms with Crippen LogP contribution in [0.3, 0.4) is 0 Å². The molecule has 0 bridgehead atoms. The van der Waals surface area contributed by atoms with Gasteiger partial charge in [-0.1, -0.05) is 0 Å². The van der Waals surface area contributed by atoms with Crippen LogP contribution < -0.4 is 5.32 Å². The summed E-state index contributed by atoms with van der Waals surface area (Å²) < 4.78 is 6.87. The molecular formula is C13H15N5O2. The smallest absolute Gasteiger partial charge is 0.178 e. The summed E-state index contributed by atoms with van der Waals surface area (Å²) in [5, 5.41) is 25.7.